The lowest BCUT2D eigenvalue weighted by molar-refractivity contribution is 0.454. The second-order valence-electron chi connectivity index (χ2n) is 4.73. The van der Waals surface area contributed by atoms with Gasteiger partial charge in [-0.05, 0) is 56.2 Å². The van der Waals surface area contributed by atoms with Crippen LogP contribution in [-0.4, -0.2) is 6.54 Å². The van der Waals surface area contributed by atoms with Crippen LogP contribution in [0.15, 0.2) is 6.07 Å². The van der Waals surface area contributed by atoms with Gasteiger partial charge in [-0.1, -0.05) is 11.6 Å². The molecule has 1 unspecified atom stereocenters. The maximum atomic E-state index is 6.08. The Hall–Kier alpha value is -0.0500. The number of fused-ring (bicyclic) bond motifs is 1. The van der Waals surface area contributed by atoms with Gasteiger partial charge in [0.25, 0.3) is 0 Å². The highest BCUT2D eigenvalue weighted by Gasteiger charge is 2.26. The van der Waals surface area contributed by atoms with E-state index in [9.17, 15) is 0 Å². The fourth-order valence-corrected chi connectivity index (χ4v) is 3.75. The van der Waals surface area contributed by atoms with Gasteiger partial charge in [0.2, 0.25) is 0 Å². The Morgan fingerprint density at radius 1 is 1.40 bits per heavy atom. The molecule has 2 aliphatic rings. The molecule has 3 heteroatoms. The molecule has 1 saturated carbocycles. The Labute approximate surface area is 99.8 Å². The molecule has 0 spiro atoms. The van der Waals surface area contributed by atoms with Crippen LogP contribution < -0.4 is 5.32 Å². The van der Waals surface area contributed by atoms with Gasteiger partial charge < -0.3 is 5.32 Å². The van der Waals surface area contributed by atoms with E-state index in [0.717, 1.165) is 10.3 Å². The molecule has 1 nitrogen and oxygen atoms in total. The van der Waals surface area contributed by atoms with Crippen molar-refractivity contribution in [3.05, 3.63) is 20.8 Å². The van der Waals surface area contributed by atoms with Crippen molar-refractivity contribution in [2.24, 2.45) is 5.92 Å². The van der Waals surface area contributed by atoms with E-state index in [1.807, 2.05) is 0 Å². The van der Waals surface area contributed by atoms with Crippen LogP contribution in [0.4, 0.5) is 0 Å². The Kier molecular flexibility index (Phi) is 2.75. The average Bonchev–Trinajstić information content (AvgIpc) is 2.96. The minimum absolute atomic E-state index is 0.582. The highest BCUT2D eigenvalue weighted by Crippen LogP contribution is 2.38. The first-order valence-corrected chi connectivity index (χ1v) is 7.04. The molecule has 1 heterocycles. The van der Waals surface area contributed by atoms with E-state index in [-0.39, 0.29) is 0 Å². The third kappa shape index (κ3) is 2.22. The van der Waals surface area contributed by atoms with Crippen LogP contribution in [0.5, 0.6) is 0 Å². The quantitative estimate of drug-likeness (QED) is 0.849. The Morgan fingerprint density at radius 2 is 2.27 bits per heavy atom. The number of thiophene rings is 1. The molecule has 3 rings (SSSR count). The van der Waals surface area contributed by atoms with Crippen LogP contribution in [-0.2, 0) is 6.42 Å². The maximum absolute atomic E-state index is 6.08. The van der Waals surface area contributed by atoms with Crippen molar-refractivity contribution >= 4 is 22.9 Å². The molecule has 0 aromatic carbocycles. The van der Waals surface area contributed by atoms with E-state index in [2.05, 4.69) is 11.4 Å². The summed E-state index contributed by atoms with van der Waals surface area (Å²) in [7, 11) is 0. The average molecular weight is 242 g/mol. The molecule has 1 atom stereocenters. The number of nitrogens with one attached hydrogen (secondary N) is 1. The summed E-state index contributed by atoms with van der Waals surface area (Å²) in [6.07, 6.45) is 6.68. The summed E-state index contributed by atoms with van der Waals surface area (Å²) in [6.45, 7) is 1.21. The zero-order chi connectivity index (χ0) is 10.3. The molecule has 0 saturated heterocycles. The molecule has 82 valence electrons. The van der Waals surface area contributed by atoms with Crippen LogP contribution in [0.1, 0.15) is 42.2 Å². The second kappa shape index (κ2) is 4.08. The fourth-order valence-electron chi connectivity index (χ4n) is 2.36. The minimum atomic E-state index is 0.582. The first-order chi connectivity index (χ1) is 7.33. The monoisotopic (exact) mass is 241 g/mol. The number of aryl methyl sites for hydroxylation is 1. The van der Waals surface area contributed by atoms with Crippen molar-refractivity contribution in [2.75, 3.05) is 6.54 Å². The van der Waals surface area contributed by atoms with Gasteiger partial charge in [0.15, 0.2) is 0 Å². The summed E-state index contributed by atoms with van der Waals surface area (Å²) in [5.74, 6) is 0.962. The van der Waals surface area contributed by atoms with Crippen LogP contribution in [0.3, 0.4) is 0 Å². The maximum Gasteiger partial charge on any atom is 0.0934 e. The Balaban J connectivity index is 1.72. The van der Waals surface area contributed by atoms with Gasteiger partial charge in [-0.15, -0.1) is 11.3 Å². The van der Waals surface area contributed by atoms with E-state index >= 15 is 0 Å². The first-order valence-electron chi connectivity index (χ1n) is 5.84. The van der Waals surface area contributed by atoms with Crippen molar-refractivity contribution < 1.29 is 0 Å². The molecule has 1 aromatic heterocycles. The predicted octanol–water partition coefficient (Wildman–Crippen LogP) is 3.78. The molecular weight excluding hydrogens is 226 g/mol. The van der Waals surface area contributed by atoms with Crippen LogP contribution in [0, 0.1) is 5.92 Å². The Bertz CT molecular complexity index is 357. The van der Waals surface area contributed by atoms with Crippen molar-refractivity contribution in [1.29, 1.82) is 0 Å². The van der Waals surface area contributed by atoms with E-state index < -0.39 is 0 Å². The van der Waals surface area contributed by atoms with Gasteiger partial charge in [-0.25, -0.2) is 0 Å². The zero-order valence-electron chi connectivity index (χ0n) is 8.76. The summed E-state index contributed by atoms with van der Waals surface area (Å²) < 4.78 is 0.958. The van der Waals surface area contributed by atoms with Crippen LogP contribution in [0.25, 0.3) is 0 Å². The van der Waals surface area contributed by atoms with Crippen LogP contribution in [0.2, 0.25) is 4.34 Å². The standard InChI is InChI=1S/C12H16ClNS/c13-12-6-9-10(14-7-8-4-5-8)2-1-3-11(9)15-12/h6,8,10,14H,1-5,7H2. The SMILES string of the molecule is Clc1cc2c(s1)CCCC2NCC1CC1. The van der Waals surface area contributed by atoms with E-state index in [4.69, 9.17) is 11.6 Å². The lowest BCUT2D eigenvalue weighted by Crippen LogP contribution is -2.26. The molecule has 15 heavy (non-hydrogen) atoms. The van der Waals surface area contributed by atoms with Crippen molar-refractivity contribution in [3.8, 4) is 0 Å². The summed E-state index contributed by atoms with van der Waals surface area (Å²) in [4.78, 5) is 1.51. The lowest BCUT2D eigenvalue weighted by Gasteiger charge is -2.23. The van der Waals surface area contributed by atoms with Gasteiger partial charge >= 0.3 is 0 Å². The highest BCUT2D eigenvalue weighted by atomic mass is 35.5. The zero-order valence-corrected chi connectivity index (χ0v) is 10.3. The number of halogens is 1. The van der Waals surface area contributed by atoms with Gasteiger partial charge in [-0.2, -0.15) is 0 Å². The number of rotatable bonds is 3. The largest absolute Gasteiger partial charge is 0.310 e. The van der Waals surface area contributed by atoms with Gasteiger partial charge in [-0.3, -0.25) is 0 Å². The molecule has 2 aliphatic carbocycles. The predicted molar refractivity (Wildman–Crippen MR) is 65.7 cm³/mol. The molecule has 0 aliphatic heterocycles. The first kappa shape index (κ1) is 10.1. The molecule has 1 fully saturated rings. The summed E-state index contributed by atoms with van der Waals surface area (Å²) >= 11 is 7.85. The fraction of sp³-hybridized carbons (Fsp3) is 0.667. The third-order valence-electron chi connectivity index (χ3n) is 3.43. The number of hydrogen-bond acceptors (Lipinski definition) is 2. The molecule has 0 amide bonds. The van der Waals surface area contributed by atoms with E-state index in [0.29, 0.717) is 6.04 Å². The van der Waals surface area contributed by atoms with Gasteiger partial charge in [0.1, 0.15) is 0 Å². The van der Waals surface area contributed by atoms with Gasteiger partial charge in [0.05, 0.1) is 4.34 Å². The van der Waals surface area contributed by atoms with Crippen molar-refractivity contribution in [1.82, 2.24) is 5.32 Å². The Morgan fingerprint density at radius 3 is 3.07 bits per heavy atom. The van der Waals surface area contributed by atoms with E-state index in [1.165, 1.54) is 49.1 Å². The topological polar surface area (TPSA) is 12.0 Å². The molecular formula is C12H16ClNS. The highest BCUT2D eigenvalue weighted by molar-refractivity contribution is 7.16. The molecule has 1 aromatic rings. The third-order valence-corrected chi connectivity index (χ3v) is 4.77. The van der Waals surface area contributed by atoms with E-state index in [1.54, 1.807) is 11.3 Å². The summed E-state index contributed by atoms with van der Waals surface area (Å²) in [5, 5.41) is 3.70. The second-order valence-corrected chi connectivity index (χ2v) is 6.49. The molecule has 1 N–H and O–H groups in total. The number of hydrogen-bond donors (Lipinski definition) is 1. The van der Waals surface area contributed by atoms with Crippen molar-refractivity contribution in [2.45, 2.75) is 38.1 Å². The van der Waals surface area contributed by atoms with Gasteiger partial charge in [0, 0.05) is 10.9 Å². The lowest BCUT2D eigenvalue weighted by atomic mass is 9.94. The molecule has 0 bridgehead atoms. The smallest absolute Gasteiger partial charge is 0.0934 e. The molecule has 0 radical (unpaired) electrons. The summed E-state index contributed by atoms with van der Waals surface area (Å²) in [5.41, 5.74) is 1.48. The van der Waals surface area contributed by atoms with Crippen LogP contribution >= 0.6 is 22.9 Å². The normalized spacial score (nSPS) is 25.3. The van der Waals surface area contributed by atoms with Crippen molar-refractivity contribution in [3.63, 3.8) is 0 Å². The summed E-state index contributed by atoms with van der Waals surface area (Å²) in [6, 6.07) is 2.75. The minimum Gasteiger partial charge on any atom is -0.310 e.